The van der Waals surface area contributed by atoms with Gasteiger partial charge in [0.2, 0.25) is 0 Å². The molecule has 0 atom stereocenters. The highest BCUT2D eigenvalue weighted by molar-refractivity contribution is 5.97. The van der Waals surface area contributed by atoms with Crippen LogP contribution in [0.1, 0.15) is 15.9 Å². The smallest absolute Gasteiger partial charge is 0.255 e. The van der Waals surface area contributed by atoms with Gasteiger partial charge in [-0.15, -0.1) is 0 Å². The van der Waals surface area contributed by atoms with Crippen molar-refractivity contribution < 1.29 is 18.7 Å². The lowest BCUT2D eigenvalue weighted by molar-refractivity contribution is 0.0950. The van der Waals surface area contributed by atoms with Crippen LogP contribution in [-0.4, -0.2) is 26.7 Å². The summed E-state index contributed by atoms with van der Waals surface area (Å²) in [6.07, 6.45) is 0.421. The first kappa shape index (κ1) is 15.8. The number of nitrogens with one attached hydrogen (secondary N) is 1. The number of rotatable bonds is 6. The summed E-state index contributed by atoms with van der Waals surface area (Å²) >= 11 is 0. The standard InChI is InChI=1S/C17H18FNO3/c1-21-15-9-5-7-13(16(15)22-2)17(20)19-11-10-12-6-3-4-8-14(12)18/h3-9H,10-11H2,1-2H3,(H,19,20). The molecule has 116 valence electrons. The molecule has 0 radical (unpaired) electrons. The van der Waals surface area contributed by atoms with Crippen molar-refractivity contribution >= 4 is 5.91 Å². The van der Waals surface area contributed by atoms with Gasteiger partial charge >= 0.3 is 0 Å². The second-order valence-corrected chi connectivity index (χ2v) is 4.64. The zero-order chi connectivity index (χ0) is 15.9. The summed E-state index contributed by atoms with van der Waals surface area (Å²) in [7, 11) is 2.99. The van der Waals surface area contributed by atoms with Crippen molar-refractivity contribution in [3.8, 4) is 11.5 Å². The Hall–Kier alpha value is -2.56. The summed E-state index contributed by atoms with van der Waals surface area (Å²) in [5, 5.41) is 2.76. The number of amides is 1. The second kappa shape index (κ2) is 7.45. The molecule has 0 heterocycles. The molecule has 0 unspecified atom stereocenters. The van der Waals surface area contributed by atoms with Crippen LogP contribution in [-0.2, 0) is 6.42 Å². The largest absolute Gasteiger partial charge is 0.493 e. The molecular weight excluding hydrogens is 285 g/mol. The third kappa shape index (κ3) is 3.55. The maximum Gasteiger partial charge on any atom is 0.255 e. The zero-order valence-electron chi connectivity index (χ0n) is 12.6. The summed E-state index contributed by atoms with van der Waals surface area (Å²) in [6, 6.07) is 11.6. The molecule has 0 aromatic heterocycles. The predicted molar refractivity (Wildman–Crippen MR) is 82.0 cm³/mol. The van der Waals surface area contributed by atoms with Gasteiger partial charge in [-0.25, -0.2) is 4.39 Å². The first-order valence-electron chi connectivity index (χ1n) is 6.90. The first-order chi connectivity index (χ1) is 10.7. The van der Waals surface area contributed by atoms with Crippen LogP contribution in [0.4, 0.5) is 4.39 Å². The van der Waals surface area contributed by atoms with Gasteiger partial charge < -0.3 is 14.8 Å². The molecule has 0 saturated carbocycles. The Labute approximate surface area is 128 Å². The number of halogens is 1. The minimum Gasteiger partial charge on any atom is -0.493 e. The van der Waals surface area contributed by atoms with Crippen LogP contribution in [0.25, 0.3) is 0 Å². The van der Waals surface area contributed by atoms with Crippen LogP contribution in [0.15, 0.2) is 42.5 Å². The molecule has 0 aliphatic rings. The van der Waals surface area contributed by atoms with E-state index in [1.54, 1.807) is 36.4 Å². The number of carbonyl (C=O) groups excluding carboxylic acids is 1. The molecule has 2 rings (SSSR count). The number of carbonyl (C=O) groups is 1. The van der Waals surface area contributed by atoms with E-state index in [0.717, 1.165) is 0 Å². The van der Waals surface area contributed by atoms with E-state index in [1.165, 1.54) is 20.3 Å². The number of methoxy groups -OCH3 is 2. The lowest BCUT2D eigenvalue weighted by Crippen LogP contribution is -2.26. The average Bonchev–Trinajstić information content (AvgIpc) is 2.55. The number of ether oxygens (including phenoxy) is 2. The van der Waals surface area contributed by atoms with Gasteiger partial charge in [-0.2, -0.15) is 0 Å². The Bertz CT molecular complexity index is 658. The quantitative estimate of drug-likeness (QED) is 0.892. The van der Waals surface area contributed by atoms with Crippen LogP contribution in [0.5, 0.6) is 11.5 Å². The lowest BCUT2D eigenvalue weighted by Gasteiger charge is -2.12. The van der Waals surface area contributed by atoms with E-state index in [1.807, 2.05) is 0 Å². The van der Waals surface area contributed by atoms with E-state index in [9.17, 15) is 9.18 Å². The van der Waals surface area contributed by atoms with Crippen molar-refractivity contribution in [2.24, 2.45) is 0 Å². The van der Waals surface area contributed by atoms with Crippen LogP contribution < -0.4 is 14.8 Å². The third-order valence-corrected chi connectivity index (χ3v) is 3.29. The van der Waals surface area contributed by atoms with Crippen molar-refractivity contribution in [3.63, 3.8) is 0 Å². The van der Waals surface area contributed by atoms with Gasteiger partial charge in [0.1, 0.15) is 5.82 Å². The monoisotopic (exact) mass is 303 g/mol. The van der Waals surface area contributed by atoms with E-state index < -0.39 is 0 Å². The summed E-state index contributed by atoms with van der Waals surface area (Å²) < 4.78 is 23.9. The molecule has 1 amide bonds. The van der Waals surface area contributed by atoms with Crippen molar-refractivity contribution in [2.75, 3.05) is 20.8 Å². The fraction of sp³-hybridized carbons (Fsp3) is 0.235. The van der Waals surface area contributed by atoms with E-state index in [0.29, 0.717) is 35.6 Å². The van der Waals surface area contributed by atoms with Crippen molar-refractivity contribution in [3.05, 3.63) is 59.4 Å². The number of hydrogen-bond donors (Lipinski definition) is 1. The van der Waals surface area contributed by atoms with E-state index in [4.69, 9.17) is 9.47 Å². The molecule has 0 saturated heterocycles. The van der Waals surface area contributed by atoms with Crippen LogP contribution in [0, 0.1) is 5.82 Å². The van der Waals surface area contributed by atoms with Crippen LogP contribution >= 0.6 is 0 Å². The summed E-state index contributed by atoms with van der Waals surface area (Å²) in [5.41, 5.74) is 0.954. The number of benzene rings is 2. The Kier molecular flexibility index (Phi) is 5.36. The molecular formula is C17H18FNO3. The lowest BCUT2D eigenvalue weighted by atomic mass is 10.1. The highest BCUT2D eigenvalue weighted by Crippen LogP contribution is 2.30. The van der Waals surface area contributed by atoms with Gasteiger partial charge in [-0.05, 0) is 30.2 Å². The summed E-state index contributed by atoms with van der Waals surface area (Å²) in [6.45, 7) is 0.333. The van der Waals surface area contributed by atoms with Crippen LogP contribution in [0.3, 0.4) is 0 Å². The topological polar surface area (TPSA) is 47.6 Å². The van der Waals surface area contributed by atoms with Gasteiger partial charge in [0, 0.05) is 6.54 Å². The van der Waals surface area contributed by atoms with Gasteiger partial charge in [-0.1, -0.05) is 24.3 Å². The van der Waals surface area contributed by atoms with Gasteiger partial charge in [0.05, 0.1) is 19.8 Å². The zero-order valence-corrected chi connectivity index (χ0v) is 12.6. The van der Waals surface area contributed by atoms with E-state index in [-0.39, 0.29) is 11.7 Å². The Balaban J connectivity index is 2.03. The molecule has 0 fully saturated rings. The second-order valence-electron chi connectivity index (χ2n) is 4.64. The molecule has 0 spiro atoms. The first-order valence-corrected chi connectivity index (χ1v) is 6.90. The fourth-order valence-electron chi connectivity index (χ4n) is 2.17. The molecule has 2 aromatic rings. The molecule has 0 aliphatic carbocycles. The molecule has 1 N–H and O–H groups in total. The van der Waals surface area contributed by atoms with Gasteiger partial charge in [0.15, 0.2) is 11.5 Å². The highest BCUT2D eigenvalue weighted by atomic mass is 19.1. The van der Waals surface area contributed by atoms with E-state index >= 15 is 0 Å². The summed E-state index contributed by atoms with van der Waals surface area (Å²) in [5.74, 6) is 0.320. The Morgan fingerprint density at radius 3 is 2.55 bits per heavy atom. The van der Waals surface area contributed by atoms with Crippen molar-refractivity contribution in [1.82, 2.24) is 5.32 Å². The molecule has 22 heavy (non-hydrogen) atoms. The van der Waals surface area contributed by atoms with Gasteiger partial charge in [0.25, 0.3) is 5.91 Å². The molecule has 0 bridgehead atoms. The Morgan fingerprint density at radius 1 is 1.09 bits per heavy atom. The summed E-state index contributed by atoms with van der Waals surface area (Å²) in [4.78, 5) is 12.2. The van der Waals surface area contributed by atoms with E-state index in [2.05, 4.69) is 5.32 Å². The van der Waals surface area contributed by atoms with Crippen molar-refractivity contribution in [2.45, 2.75) is 6.42 Å². The third-order valence-electron chi connectivity index (χ3n) is 3.29. The number of para-hydroxylation sites is 1. The number of hydrogen-bond acceptors (Lipinski definition) is 3. The van der Waals surface area contributed by atoms with Gasteiger partial charge in [-0.3, -0.25) is 4.79 Å². The molecule has 0 aliphatic heterocycles. The fourth-order valence-corrected chi connectivity index (χ4v) is 2.17. The molecule has 4 nitrogen and oxygen atoms in total. The van der Waals surface area contributed by atoms with Crippen molar-refractivity contribution in [1.29, 1.82) is 0 Å². The van der Waals surface area contributed by atoms with Crippen LogP contribution in [0.2, 0.25) is 0 Å². The minimum absolute atomic E-state index is 0.268. The molecule has 5 heteroatoms. The minimum atomic E-state index is -0.285. The molecule has 2 aromatic carbocycles. The average molecular weight is 303 g/mol. The highest BCUT2D eigenvalue weighted by Gasteiger charge is 2.15. The normalized spacial score (nSPS) is 10.1. The maximum absolute atomic E-state index is 13.5. The maximum atomic E-state index is 13.5. The predicted octanol–water partition coefficient (Wildman–Crippen LogP) is 2.82. The Morgan fingerprint density at radius 2 is 1.86 bits per heavy atom. The SMILES string of the molecule is COc1cccc(C(=O)NCCc2ccccc2F)c1OC.